The first-order chi connectivity index (χ1) is 10.3. The smallest absolute Gasteiger partial charge is 0.222 e. The maximum absolute atomic E-state index is 12.5. The fourth-order valence-electron chi connectivity index (χ4n) is 3.87. The summed E-state index contributed by atoms with van der Waals surface area (Å²) in [7, 11) is 0. The van der Waals surface area contributed by atoms with Crippen LogP contribution < -0.4 is 5.32 Å². The molecule has 2 aliphatic rings. The highest BCUT2D eigenvalue weighted by Gasteiger charge is 2.34. The van der Waals surface area contributed by atoms with Gasteiger partial charge in [-0.3, -0.25) is 4.79 Å². The highest BCUT2D eigenvalue weighted by Crippen LogP contribution is 2.33. The van der Waals surface area contributed by atoms with Crippen LogP contribution in [0.1, 0.15) is 44.1 Å². The first-order valence-electron chi connectivity index (χ1n) is 8.31. The van der Waals surface area contributed by atoms with Gasteiger partial charge in [0.15, 0.2) is 0 Å². The lowest BCUT2D eigenvalue weighted by atomic mass is 9.93. The molecule has 114 valence electrons. The molecule has 0 bridgehead atoms. The minimum Gasteiger partial charge on any atom is -0.339 e. The molecule has 2 aliphatic heterocycles. The zero-order chi connectivity index (χ0) is 14.7. The molecule has 3 atom stereocenters. The van der Waals surface area contributed by atoms with Gasteiger partial charge < -0.3 is 10.2 Å². The second kappa shape index (κ2) is 6.61. The molecule has 2 saturated heterocycles. The summed E-state index contributed by atoms with van der Waals surface area (Å²) in [6, 6.07) is 11.0. The van der Waals surface area contributed by atoms with Gasteiger partial charge >= 0.3 is 0 Å². The van der Waals surface area contributed by atoms with Crippen LogP contribution in [0.25, 0.3) is 0 Å². The van der Waals surface area contributed by atoms with Crippen molar-refractivity contribution in [3.05, 3.63) is 35.9 Å². The van der Waals surface area contributed by atoms with Gasteiger partial charge in [0.25, 0.3) is 0 Å². The van der Waals surface area contributed by atoms with Gasteiger partial charge in [0, 0.05) is 24.9 Å². The van der Waals surface area contributed by atoms with Crippen molar-refractivity contribution in [3.8, 4) is 0 Å². The molecule has 1 aromatic rings. The van der Waals surface area contributed by atoms with Crippen molar-refractivity contribution < 1.29 is 4.79 Å². The predicted molar refractivity (Wildman–Crippen MR) is 85.2 cm³/mol. The Kier molecular flexibility index (Phi) is 4.59. The van der Waals surface area contributed by atoms with E-state index >= 15 is 0 Å². The summed E-state index contributed by atoms with van der Waals surface area (Å²) in [5.41, 5.74) is 1.38. The second-order valence-corrected chi connectivity index (χ2v) is 6.53. The molecule has 1 aromatic carbocycles. The standard InChI is InChI=1S/C18H26N2O/c1-14-17(16-5-3-2-4-6-16)10-12-20(14)18(21)8-7-15-9-11-19-13-15/h2-6,14-15,17,19H,7-13H2,1H3. The van der Waals surface area contributed by atoms with E-state index in [0.29, 0.717) is 23.8 Å². The van der Waals surface area contributed by atoms with E-state index in [-0.39, 0.29) is 0 Å². The Balaban J connectivity index is 1.55. The van der Waals surface area contributed by atoms with Gasteiger partial charge in [0.1, 0.15) is 0 Å². The first kappa shape index (κ1) is 14.6. The third-order valence-corrected chi connectivity index (χ3v) is 5.23. The van der Waals surface area contributed by atoms with E-state index < -0.39 is 0 Å². The highest BCUT2D eigenvalue weighted by atomic mass is 16.2. The molecule has 2 fully saturated rings. The second-order valence-electron chi connectivity index (χ2n) is 6.53. The quantitative estimate of drug-likeness (QED) is 0.923. The van der Waals surface area contributed by atoms with E-state index in [1.165, 1.54) is 12.0 Å². The van der Waals surface area contributed by atoms with Crippen molar-refractivity contribution in [3.63, 3.8) is 0 Å². The van der Waals surface area contributed by atoms with E-state index in [1.54, 1.807) is 0 Å². The van der Waals surface area contributed by atoms with Crippen LogP contribution in [0, 0.1) is 5.92 Å². The lowest BCUT2D eigenvalue weighted by molar-refractivity contribution is -0.132. The van der Waals surface area contributed by atoms with Crippen LogP contribution in [0.2, 0.25) is 0 Å². The summed E-state index contributed by atoms with van der Waals surface area (Å²) < 4.78 is 0. The number of nitrogens with zero attached hydrogens (tertiary/aromatic N) is 1. The van der Waals surface area contributed by atoms with Crippen molar-refractivity contribution in [2.75, 3.05) is 19.6 Å². The third kappa shape index (κ3) is 3.29. The number of rotatable bonds is 4. The van der Waals surface area contributed by atoms with Gasteiger partial charge in [0.2, 0.25) is 5.91 Å². The lowest BCUT2D eigenvalue weighted by Gasteiger charge is -2.25. The van der Waals surface area contributed by atoms with E-state index in [2.05, 4.69) is 47.5 Å². The number of benzene rings is 1. The largest absolute Gasteiger partial charge is 0.339 e. The lowest BCUT2D eigenvalue weighted by Crippen LogP contribution is -2.35. The number of hydrogen-bond donors (Lipinski definition) is 1. The highest BCUT2D eigenvalue weighted by molar-refractivity contribution is 5.77. The SMILES string of the molecule is CC1C(c2ccccc2)CCN1C(=O)CCC1CCNC1. The number of carbonyl (C=O) groups is 1. The Hall–Kier alpha value is -1.35. The molecule has 0 aliphatic carbocycles. The van der Waals surface area contributed by atoms with Gasteiger partial charge in [0.05, 0.1) is 0 Å². The Morgan fingerprint density at radius 2 is 2.10 bits per heavy atom. The maximum Gasteiger partial charge on any atom is 0.222 e. The van der Waals surface area contributed by atoms with Gasteiger partial charge in [-0.1, -0.05) is 30.3 Å². The molecule has 3 rings (SSSR count). The number of amides is 1. The van der Waals surface area contributed by atoms with Crippen LogP contribution in [0.4, 0.5) is 0 Å². The monoisotopic (exact) mass is 286 g/mol. The summed E-state index contributed by atoms with van der Waals surface area (Å²) in [5, 5.41) is 3.38. The molecule has 3 unspecified atom stereocenters. The normalized spacial score (nSPS) is 29.0. The van der Waals surface area contributed by atoms with E-state index in [1.807, 2.05) is 0 Å². The van der Waals surface area contributed by atoms with Crippen molar-refractivity contribution in [2.24, 2.45) is 5.92 Å². The molecule has 21 heavy (non-hydrogen) atoms. The minimum absolute atomic E-state index is 0.335. The van der Waals surface area contributed by atoms with Gasteiger partial charge in [-0.05, 0) is 50.8 Å². The molecule has 0 spiro atoms. The summed E-state index contributed by atoms with van der Waals surface area (Å²) in [6.07, 6.45) is 4.10. The molecule has 1 amide bonds. The Morgan fingerprint density at radius 3 is 2.81 bits per heavy atom. The zero-order valence-corrected chi connectivity index (χ0v) is 12.9. The molecular formula is C18H26N2O. The van der Waals surface area contributed by atoms with Crippen LogP contribution >= 0.6 is 0 Å². The Morgan fingerprint density at radius 1 is 1.29 bits per heavy atom. The van der Waals surface area contributed by atoms with Crippen LogP contribution in [0.3, 0.4) is 0 Å². The van der Waals surface area contributed by atoms with Crippen LogP contribution in [-0.2, 0) is 4.79 Å². The first-order valence-corrected chi connectivity index (χ1v) is 8.31. The fourth-order valence-corrected chi connectivity index (χ4v) is 3.87. The van der Waals surface area contributed by atoms with E-state index in [9.17, 15) is 4.79 Å². The molecular weight excluding hydrogens is 260 g/mol. The number of hydrogen-bond acceptors (Lipinski definition) is 2. The topological polar surface area (TPSA) is 32.3 Å². The molecule has 1 N–H and O–H groups in total. The van der Waals surface area contributed by atoms with Crippen molar-refractivity contribution in [1.29, 1.82) is 0 Å². The summed E-state index contributed by atoms with van der Waals surface area (Å²) in [5.74, 6) is 1.56. The van der Waals surface area contributed by atoms with Gasteiger partial charge in [-0.2, -0.15) is 0 Å². The average molecular weight is 286 g/mol. The Bertz CT molecular complexity index is 467. The predicted octanol–water partition coefficient (Wildman–Crippen LogP) is 2.78. The van der Waals surface area contributed by atoms with Crippen molar-refractivity contribution in [1.82, 2.24) is 10.2 Å². The van der Waals surface area contributed by atoms with Crippen LogP contribution in [-0.4, -0.2) is 36.5 Å². The van der Waals surface area contributed by atoms with Gasteiger partial charge in [-0.15, -0.1) is 0 Å². The van der Waals surface area contributed by atoms with Crippen molar-refractivity contribution >= 4 is 5.91 Å². The van der Waals surface area contributed by atoms with E-state index in [0.717, 1.165) is 38.9 Å². The molecule has 0 aromatic heterocycles. The maximum atomic E-state index is 12.5. The fraction of sp³-hybridized carbons (Fsp3) is 0.611. The number of likely N-dealkylation sites (tertiary alicyclic amines) is 1. The molecule has 3 heteroatoms. The third-order valence-electron chi connectivity index (χ3n) is 5.23. The minimum atomic E-state index is 0.335. The van der Waals surface area contributed by atoms with E-state index in [4.69, 9.17) is 0 Å². The summed E-state index contributed by atoms with van der Waals surface area (Å²) in [4.78, 5) is 14.6. The molecule has 0 saturated carbocycles. The van der Waals surface area contributed by atoms with Crippen molar-refractivity contribution in [2.45, 2.75) is 44.6 Å². The zero-order valence-electron chi connectivity index (χ0n) is 12.9. The van der Waals surface area contributed by atoms with Crippen LogP contribution in [0.15, 0.2) is 30.3 Å². The average Bonchev–Trinajstić information content (AvgIpc) is 3.15. The summed E-state index contributed by atoms with van der Waals surface area (Å²) >= 11 is 0. The number of nitrogens with one attached hydrogen (secondary N) is 1. The summed E-state index contributed by atoms with van der Waals surface area (Å²) in [6.45, 7) is 5.34. The molecule has 2 heterocycles. The molecule has 3 nitrogen and oxygen atoms in total. The van der Waals surface area contributed by atoms with Crippen LogP contribution in [0.5, 0.6) is 0 Å². The van der Waals surface area contributed by atoms with Gasteiger partial charge in [-0.25, -0.2) is 0 Å². The Labute approximate surface area is 127 Å². The number of carbonyl (C=O) groups excluding carboxylic acids is 1. The molecule has 0 radical (unpaired) electrons.